The number of hydrogen-bond donors (Lipinski definition) is 1. The van der Waals surface area contributed by atoms with Crippen LogP contribution in [0.3, 0.4) is 0 Å². The molecule has 0 aliphatic carbocycles. The van der Waals surface area contributed by atoms with Crippen molar-refractivity contribution < 1.29 is 22.3 Å². The number of amides is 1. The minimum atomic E-state index is -4.01. The highest BCUT2D eigenvalue weighted by molar-refractivity contribution is 7.98. The zero-order valence-electron chi connectivity index (χ0n) is 19.5. The quantitative estimate of drug-likeness (QED) is 0.329. The number of para-hydroxylation sites is 2. The van der Waals surface area contributed by atoms with Crippen LogP contribution < -0.4 is 14.4 Å². The van der Waals surface area contributed by atoms with Crippen LogP contribution in [0.5, 0.6) is 5.75 Å². The molecule has 0 atom stereocenters. The first-order chi connectivity index (χ1) is 16.9. The standard InChI is InChI=1S/C26H29FN2O4S2/c1-2-33-25-16-9-8-15-24(25)29(35(31,32)22-12-4-3-5-13-22)19-26(30)28-17-10-18-34-20-21-11-6-7-14-23(21)27/h3-9,11-16H,2,10,17-20H2,1H3,(H,28,30). The lowest BCUT2D eigenvalue weighted by atomic mass is 10.2. The molecule has 0 bridgehead atoms. The SMILES string of the molecule is CCOc1ccccc1N(CC(=O)NCCCSCc1ccccc1F)S(=O)(=O)c1ccccc1. The summed E-state index contributed by atoms with van der Waals surface area (Å²) in [6.07, 6.45) is 0.672. The third kappa shape index (κ3) is 7.47. The fourth-order valence-corrected chi connectivity index (χ4v) is 5.75. The lowest BCUT2D eigenvalue weighted by molar-refractivity contribution is -0.119. The number of sulfonamides is 1. The molecular formula is C26H29FN2O4S2. The molecule has 0 saturated heterocycles. The van der Waals surface area contributed by atoms with Crippen molar-refractivity contribution in [3.05, 3.63) is 90.2 Å². The molecule has 0 heterocycles. The van der Waals surface area contributed by atoms with Gasteiger partial charge in [0.15, 0.2) is 0 Å². The van der Waals surface area contributed by atoms with Crippen LogP contribution in [0.2, 0.25) is 0 Å². The van der Waals surface area contributed by atoms with Gasteiger partial charge in [0.25, 0.3) is 10.0 Å². The van der Waals surface area contributed by atoms with E-state index in [4.69, 9.17) is 4.74 Å². The first kappa shape index (κ1) is 26.6. The topological polar surface area (TPSA) is 75.7 Å². The highest BCUT2D eigenvalue weighted by atomic mass is 32.2. The molecule has 3 aromatic rings. The molecule has 1 amide bonds. The van der Waals surface area contributed by atoms with E-state index in [9.17, 15) is 17.6 Å². The van der Waals surface area contributed by atoms with Crippen molar-refractivity contribution in [1.29, 1.82) is 0 Å². The predicted molar refractivity (Wildman–Crippen MR) is 139 cm³/mol. The van der Waals surface area contributed by atoms with Gasteiger partial charge in [-0.25, -0.2) is 12.8 Å². The van der Waals surface area contributed by atoms with Crippen LogP contribution in [-0.2, 0) is 20.6 Å². The number of rotatable bonds is 13. The van der Waals surface area contributed by atoms with Crippen molar-refractivity contribution in [3.63, 3.8) is 0 Å². The van der Waals surface area contributed by atoms with Gasteiger partial charge in [-0.2, -0.15) is 11.8 Å². The Balaban J connectivity index is 1.63. The molecule has 0 aliphatic heterocycles. The van der Waals surface area contributed by atoms with Crippen molar-refractivity contribution in [2.75, 3.05) is 29.8 Å². The van der Waals surface area contributed by atoms with Gasteiger partial charge in [0.05, 0.1) is 17.2 Å². The van der Waals surface area contributed by atoms with E-state index in [1.165, 1.54) is 18.2 Å². The Morgan fingerprint density at radius 2 is 1.69 bits per heavy atom. The molecule has 0 aliphatic rings. The Labute approximate surface area is 210 Å². The molecule has 0 spiro atoms. The van der Waals surface area contributed by atoms with Crippen LogP contribution in [0.15, 0.2) is 83.8 Å². The van der Waals surface area contributed by atoms with Gasteiger partial charge >= 0.3 is 0 Å². The number of anilines is 1. The summed E-state index contributed by atoms with van der Waals surface area (Å²) in [6.45, 7) is 2.16. The predicted octanol–water partition coefficient (Wildman–Crippen LogP) is 4.86. The number of thioether (sulfide) groups is 1. The summed E-state index contributed by atoms with van der Waals surface area (Å²) >= 11 is 1.58. The number of carbonyl (C=O) groups is 1. The molecule has 3 aromatic carbocycles. The fourth-order valence-electron chi connectivity index (χ4n) is 3.35. The Morgan fingerprint density at radius 3 is 2.43 bits per heavy atom. The highest BCUT2D eigenvalue weighted by Gasteiger charge is 2.29. The molecule has 35 heavy (non-hydrogen) atoms. The maximum absolute atomic E-state index is 13.7. The Hall–Kier alpha value is -3.04. The van der Waals surface area contributed by atoms with E-state index in [1.807, 2.05) is 6.92 Å². The van der Waals surface area contributed by atoms with E-state index in [0.29, 0.717) is 42.3 Å². The second kappa shape index (κ2) is 13.2. The van der Waals surface area contributed by atoms with E-state index in [2.05, 4.69) is 5.32 Å². The molecule has 0 aromatic heterocycles. The monoisotopic (exact) mass is 516 g/mol. The Morgan fingerprint density at radius 1 is 1.00 bits per heavy atom. The van der Waals surface area contributed by atoms with E-state index in [-0.39, 0.29) is 17.3 Å². The van der Waals surface area contributed by atoms with Gasteiger partial charge in [-0.1, -0.05) is 48.5 Å². The van der Waals surface area contributed by atoms with Gasteiger partial charge in [0.1, 0.15) is 18.1 Å². The molecule has 1 N–H and O–H groups in total. The summed E-state index contributed by atoms with van der Waals surface area (Å²) in [5.41, 5.74) is 0.949. The highest BCUT2D eigenvalue weighted by Crippen LogP contribution is 2.32. The van der Waals surface area contributed by atoms with Gasteiger partial charge in [0.2, 0.25) is 5.91 Å². The summed E-state index contributed by atoms with van der Waals surface area (Å²) in [4.78, 5) is 12.8. The van der Waals surface area contributed by atoms with Gasteiger partial charge in [0, 0.05) is 12.3 Å². The summed E-state index contributed by atoms with van der Waals surface area (Å²) in [5, 5.41) is 2.79. The van der Waals surface area contributed by atoms with Crippen molar-refractivity contribution in [2.24, 2.45) is 0 Å². The lowest BCUT2D eigenvalue weighted by Gasteiger charge is -2.26. The van der Waals surface area contributed by atoms with Crippen molar-refractivity contribution >= 4 is 33.4 Å². The molecule has 6 nitrogen and oxygen atoms in total. The number of halogens is 1. The minimum Gasteiger partial charge on any atom is -0.492 e. The van der Waals surface area contributed by atoms with Crippen molar-refractivity contribution in [1.82, 2.24) is 5.32 Å². The zero-order chi connectivity index (χ0) is 25.1. The van der Waals surface area contributed by atoms with Crippen LogP contribution >= 0.6 is 11.8 Å². The van der Waals surface area contributed by atoms with Gasteiger partial charge in [-0.15, -0.1) is 0 Å². The average molecular weight is 517 g/mol. The maximum Gasteiger partial charge on any atom is 0.264 e. The van der Waals surface area contributed by atoms with E-state index >= 15 is 0 Å². The largest absolute Gasteiger partial charge is 0.492 e. The fraction of sp³-hybridized carbons (Fsp3) is 0.269. The van der Waals surface area contributed by atoms with Crippen LogP contribution in [0, 0.1) is 5.82 Å². The number of carbonyl (C=O) groups excluding carboxylic acids is 1. The van der Waals surface area contributed by atoms with Crippen LogP contribution in [0.1, 0.15) is 18.9 Å². The molecule has 3 rings (SSSR count). The third-order valence-electron chi connectivity index (χ3n) is 5.06. The molecular weight excluding hydrogens is 487 g/mol. The van der Waals surface area contributed by atoms with E-state index in [1.54, 1.807) is 72.4 Å². The zero-order valence-corrected chi connectivity index (χ0v) is 21.2. The van der Waals surface area contributed by atoms with E-state index in [0.717, 1.165) is 10.1 Å². The van der Waals surface area contributed by atoms with Gasteiger partial charge in [-0.05, 0) is 55.0 Å². The second-order valence-electron chi connectivity index (χ2n) is 7.57. The normalized spacial score (nSPS) is 11.1. The summed E-state index contributed by atoms with van der Waals surface area (Å²) in [7, 11) is -4.01. The third-order valence-corrected chi connectivity index (χ3v) is 7.92. The van der Waals surface area contributed by atoms with Gasteiger partial charge < -0.3 is 10.1 Å². The summed E-state index contributed by atoms with van der Waals surface area (Å²) in [6, 6.07) is 21.4. The van der Waals surface area contributed by atoms with Gasteiger partial charge in [-0.3, -0.25) is 9.10 Å². The van der Waals surface area contributed by atoms with Crippen LogP contribution in [-0.4, -0.2) is 39.8 Å². The number of nitrogens with zero attached hydrogens (tertiary/aromatic N) is 1. The summed E-state index contributed by atoms with van der Waals surface area (Å²) in [5.74, 6) is 1.02. The van der Waals surface area contributed by atoms with Crippen LogP contribution in [0.4, 0.5) is 10.1 Å². The van der Waals surface area contributed by atoms with Crippen molar-refractivity contribution in [2.45, 2.75) is 24.0 Å². The lowest BCUT2D eigenvalue weighted by Crippen LogP contribution is -2.41. The van der Waals surface area contributed by atoms with Crippen molar-refractivity contribution in [3.8, 4) is 5.75 Å². The number of benzene rings is 3. The van der Waals surface area contributed by atoms with E-state index < -0.39 is 15.9 Å². The molecule has 0 saturated carbocycles. The van der Waals surface area contributed by atoms with Crippen LogP contribution in [0.25, 0.3) is 0 Å². The Bertz CT molecular complexity index is 1210. The maximum atomic E-state index is 13.7. The smallest absolute Gasteiger partial charge is 0.264 e. The second-order valence-corrected chi connectivity index (χ2v) is 10.5. The number of nitrogens with one attached hydrogen (secondary N) is 1. The first-order valence-corrected chi connectivity index (χ1v) is 13.9. The minimum absolute atomic E-state index is 0.0867. The number of ether oxygens (including phenoxy) is 1. The summed E-state index contributed by atoms with van der Waals surface area (Å²) < 4.78 is 47.3. The Kier molecular flexibility index (Phi) is 9.98. The molecule has 0 fully saturated rings. The first-order valence-electron chi connectivity index (χ1n) is 11.3. The molecule has 186 valence electrons. The molecule has 9 heteroatoms. The average Bonchev–Trinajstić information content (AvgIpc) is 2.87. The number of hydrogen-bond acceptors (Lipinski definition) is 5. The molecule has 0 unspecified atom stereocenters. The molecule has 0 radical (unpaired) electrons.